The lowest BCUT2D eigenvalue weighted by atomic mass is 10.0. The number of thioether (sulfide) groups is 1. The Labute approximate surface area is 115 Å². The van der Waals surface area contributed by atoms with Gasteiger partial charge < -0.3 is 20.1 Å². The SMILES string of the molecule is C[C@@H]1O[C@H](Sc2ccccc2Cl)[C@@H](O)[C@H](O)[C@@H]1O. The van der Waals surface area contributed by atoms with Crippen molar-refractivity contribution < 1.29 is 20.1 Å². The van der Waals surface area contributed by atoms with Crippen LogP contribution in [0.15, 0.2) is 29.2 Å². The van der Waals surface area contributed by atoms with E-state index in [1.54, 1.807) is 13.0 Å². The van der Waals surface area contributed by atoms with Gasteiger partial charge in [-0.3, -0.25) is 0 Å². The van der Waals surface area contributed by atoms with Gasteiger partial charge in [-0.1, -0.05) is 35.5 Å². The number of ether oxygens (including phenoxy) is 1. The predicted molar refractivity (Wildman–Crippen MR) is 69.7 cm³/mol. The Hall–Kier alpha value is -0.300. The highest BCUT2D eigenvalue weighted by atomic mass is 35.5. The van der Waals surface area contributed by atoms with Crippen LogP contribution in [0.4, 0.5) is 0 Å². The molecule has 0 spiro atoms. The highest BCUT2D eigenvalue weighted by molar-refractivity contribution is 8.00. The average Bonchev–Trinajstić information content (AvgIpc) is 2.36. The first kappa shape index (κ1) is 14.1. The van der Waals surface area contributed by atoms with Crippen molar-refractivity contribution in [2.45, 2.75) is 41.7 Å². The van der Waals surface area contributed by atoms with Crippen LogP contribution in [0.25, 0.3) is 0 Å². The van der Waals surface area contributed by atoms with Crippen molar-refractivity contribution in [3.05, 3.63) is 29.3 Å². The molecule has 0 radical (unpaired) electrons. The number of hydrogen-bond acceptors (Lipinski definition) is 5. The fourth-order valence-electron chi connectivity index (χ4n) is 1.78. The summed E-state index contributed by atoms with van der Waals surface area (Å²) in [5, 5.41) is 29.7. The van der Waals surface area contributed by atoms with E-state index in [0.29, 0.717) is 5.02 Å². The summed E-state index contributed by atoms with van der Waals surface area (Å²) >= 11 is 7.26. The van der Waals surface area contributed by atoms with Crippen LogP contribution >= 0.6 is 23.4 Å². The van der Waals surface area contributed by atoms with Crippen molar-refractivity contribution in [1.29, 1.82) is 0 Å². The third kappa shape index (κ3) is 2.82. The van der Waals surface area contributed by atoms with Gasteiger partial charge in [0.2, 0.25) is 0 Å². The Morgan fingerprint density at radius 3 is 2.44 bits per heavy atom. The molecular formula is C12H15ClO4S. The van der Waals surface area contributed by atoms with E-state index >= 15 is 0 Å². The van der Waals surface area contributed by atoms with Crippen LogP contribution in [0, 0.1) is 0 Å². The number of halogens is 1. The molecule has 0 saturated carbocycles. The Balaban J connectivity index is 2.12. The molecule has 18 heavy (non-hydrogen) atoms. The Bertz CT molecular complexity index is 417. The molecule has 1 aliphatic rings. The van der Waals surface area contributed by atoms with E-state index in [1.807, 2.05) is 18.2 Å². The third-order valence-electron chi connectivity index (χ3n) is 2.89. The van der Waals surface area contributed by atoms with E-state index in [-0.39, 0.29) is 0 Å². The van der Waals surface area contributed by atoms with Crippen LogP contribution in [-0.2, 0) is 4.74 Å². The van der Waals surface area contributed by atoms with Crippen molar-refractivity contribution in [2.24, 2.45) is 0 Å². The summed E-state index contributed by atoms with van der Waals surface area (Å²) in [4.78, 5) is 0.763. The number of hydrogen-bond donors (Lipinski definition) is 3. The lowest BCUT2D eigenvalue weighted by molar-refractivity contribution is -0.192. The molecular weight excluding hydrogens is 276 g/mol. The summed E-state index contributed by atoms with van der Waals surface area (Å²) in [6.45, 7) is 1.65. The Morgan fingerprint density at radius 2 is 1.78 bits per heavy atom. The Morgan fingerprint density at radius 1 is 1.11 bits per heavy atom. The fraction of sp³-hybridized carbons (Fsp3) is 0.500. The molecule has 100 valence electrons. The number of benzene rings is 1. The van der Waals surface area contributed by atoms with Crippen molar-refractivity contribution in [1.82, 2.24) is 0 Å². The van der Waals surface area contributed by atoms with Gasteiger partial charge in [0.15, 0.2) is 0 Å². The largest absolute Gasteiger partial charge is 0.388 e. The van der Waals surface area contributed by atoms with Gasteiger partial charge in [-0.25, -0.2) is 0 Å². The zero-order valence-electron chi connectivity index (χ0n) is 9.73. The Kier molecular flexibility index (Phi) is 4.53. The van der Waals surface area contributed by atoms with Gasteiger partial charge in [0.05, 0.1) is 11.1 Å². The quantitative estimate of drug-likeness (QED) is 0.765. The summed E-state index contributed by atoms with van der Waals surface area (Å²) in [7, 11) is 0. The number of rotatable bonds is 2. The lowest BCUT2D eigenvalue weighted by Gasteiger charge is -2.39. The molecule has 1 heterocycles. The lowest BCUT2D eigenvalue weighted by Crippen LogP contribution is -2.55. The molecule has 5 atom stereocenters. The van der Waals surface area contributed by atoms with Gasteiger partial charge in [0.1, 0.15) is 23.7 Å². The monoisotopic (exact) mass is 290 g/mol. The summed E-state index contributed by atoms with van der Waals surface area (Å²) in [5.74, 6) is 0. The first-order valence-electron chi connectivity index (χ1n) is 5.61. The maximum Gasteiger partial charge on any atom is 0.136 e. The number of aliphatic hydroxyl groups excluding tert-OH is 3. The summed E-state index contributed by atoms with van der Waals surface area (Å²) < 4.78 is 5.48. The van der Waals surface area contributed by atoms with Gasteiger partial charge in [-0.15, -0.1) is 0 Å². The summed E-state index contributed by atoms with van der Waals surface area (Å²) in [6.07, 6.45) is -3.99. The van der Waals surface area contributed by atoms with Crippen LogP contribution in [0.5, 0.6) is 0 Å². The van der Waals surface area contributed by atoms with E-state index in [1.165, 1.54) is 11.8 Å². The molecule has 0 bridgehead atoms. The van der Waals surface area contributed by atoms with E-state index < -0.39 is 29.9 Å². The summed E-state index contributed by atoms with van der Waals surface area (Å²) in [5.41, 5.74) is -0.654. The molecule has 2 rings (SSSR count). The van der Waals surface area contributed by atoms with Crippen LogP contribution in [-0.4, -0.2) is 45.2 Å². The standard InChI is InChI=1S/C12H15ClO4S/c1-6-9(14)10(15)11(16)12(17-6)18-8-5-3-2-4-7(8)13/h2-6,9-12,14-16H,1H3/t6-,9+,10+,11-,12+/m0/s1. The van der Waals surface area contributed by atoms with E-state index in [0.717, 1.165) is 4.90 Å². The average molecular weight is 291 g/mol. The molecule has 6 heteroatoms. The van der Waals surface area contributed by atoms with Crippen molar-refractivity contribution in [2.75, 3.05) is 0 Å². The minimum absolute atomic E-state index is 0.539. The van der Waals surface area contributed by atoms with Gasteiger partial charge in [-0.2, -0.15) is 0 Å². The molecule has 0 unspecified atom stereocenters. The van der Waals surface area contributed by atoms with Crippen LogP contribution in [0.2, 0.25) is 5.02 Å². The number of aliphatic hydroxyl groups is 3. The van der Waals surface area contributed by atoms with E-state index in [4.69, 9.17) is 16.3 Å². The minimum Gasteiger partial charge on any atom is -0.388 e. The van der Waals surface area contributed by atoms with Crippen LogP contribution in [0.3, 0.4) is 0 Å². The van der Waals surface area contributed by atoms with Gasteiger partial charge in [0.25, 0.3) is 0 Å². The van der Waals surface area contributed by atoms with Crippen LogP contribution in [0.1, 0.15) is 6.92 Å². The molecule has 1 aromatic rings. The third-order valence-corrected chi connectivity index (χ3v) is 4.56. The minimum atomic E-state index is -1.21. The topological polar surface area (TPSA) is 69.9 Å². The second kappa shape index (κ2) is 5.77. The molecule has 3 N–H and O–H groups in total. The normalized spacial score (nSPS) is 36.6. The second-order valence-electron chi connectivity index (χ2n) is 4.23. The van der Waals surface area contributed by atoms with Crippen molar-refractivity contribution in [3.63, 3.8) is 0 Å². The van der Waals surface area contributed by atoms with E-state index in [9.17, 15) is 15.3 Å². The maximum atomic E-state index is 9.88. The van der Waals surface area contributed by atoms with Gasteiger partial charge in [-0.05, 0) is 19.1 Å². The smallest absolute Gasteiger partial charge is 0.136 e. The molecule has 0 aliphatic carbocycles. The highest BCUT2D eigenvalue weighted by Gasteiger charge is 2.42. The van der Waals surface area contributed by atoms with E-state index in [2.05, 4.69) is 0 Å². The molecule has 1 aromatic carbocycles. The second-order valence-corrected chi connectivity index (χ2v) is 5.78. The molecule has 1 saturated heterocycles. The highest BCUT2D eigenvalue weighted by Crippen LogP contribution is 2.36. The van der Waals surface area contributed by atoms with Gasteiger partial charge >= 0.3 is 0 Å². The summed E-state index contributed by atoms with van der Waals surface area (Å²) in [6, 6.07) is 7.20. The first-order chi connectivity index (χ1) is 8.50. The molecule has 4 nitrogen and oxygen atoms in total. The first-order valence-corrected chi connectivity index (χ1v) is 6.87. The van der Waals surface area contributed by atoms with Crippen LogP contribution < -0.4 is 0 Å². The maximum absolute atomic E-state index is 9.88. The predicted octanol–water partition coefficient (Wildman–Crippen LogP) is 1.26. The molecule has 0 amide bonds. The molecule has 0 aromatic heterocycles. The zero-order valence-corrected chi connectivity index (χ0v) is 11.3. The fourth-order valence-corrected chi connectivity index (χ4v) is 3.16. The zero-order chi connectivity index (χ0) is 13.3. The van der Waals surface area contributed by atoms with Gasteiger partial charge in [0, 0.05) is 4.90 Å². The van der Waals surface area contributed by atoms with Crippen molar-refractivity contribution >= 4 is 23.4 Å². The molecule has 1 aliphatic heterocycles. The van der Waals surface area contributed by atoms with Crippen molar-refractivity contribution in [3.8, 4) is 0 Å². The molecule has 1 fully saturated rings.